The highest BCUT2D eigenvalue weighted by Gasteiger charge is 2.19. The van der Waals surface area contributed by atoms with E-state index >= 15 is 0 Å². The van der Waals surface area contributed by atoms with Crippen LogP contribution in [0.25, 0.3) is 0 Å². The van der Waals surface area contributed by atoms with Crippen LogP contribution >= 0.6 is 0 Å². The van der Waals surface area contributed by atoms with Gasteiger partial charge in [0.2, 0.25) is 0 Å². The fraction of sp³-hybridized carbons (Fsp3) is 0.417. The molecule has 16 heavy (non-hydrogen) atoms. The molecule has 1 aliphatic rings. The van der Waals surface area contributed by atoms with E-state index in [1.807, 2.05) is 18.2 Å². The molecular weight excluding hydrogens is 206 g/mol. The van der Waals surface area contributed by atoms with E-state index in [0.29, 0.717) is 6.61 Å². The minimum atomic E-state index is -0.817. The summed E-state index contributed by atoms with van der Waals surface area (Å²) in [5.74, 6) is -0.817. The van der Waals surface area contributed by atoms with Gasteiger partial charge >= 0.3 is 5.97 Å². The fourth-order valence-electron chi connectivity index (χ4n) is 1.86. The summed E-state index contributed by atoms with van der Waals surface area (Å²) in [6.45, 7) is 0.839. The van der Waals surface area contributed by atoms with Crippen molar-refractivity contribution in [3.8, 4) is 0 Å². The Morgan fingerprint density at radius 2 is 2.31 bits per heavy atom. The van der Waals surface area contributed by atoms with Crippen LogP contribution in [0.3, 0.4) is 0 Å². The van der Waals surface area contributed by atoms with Crippen molar-refractivity contribution in [2.24, 2.45) is 0 Å². The van der Waals surface area contributed by atoms with E-state index < -0.39 is 5.97 Å². The molecule has 0 aromatic heterocycles. The number of carboxylic acids is 1. The lowest BCUT2D eigenvalue weighted by atomic mass is 10.1. The topological polar surface area (TPSA) is 58.6 Å². The molecule has 1 unspecified atom stereocenters. The van der Waals surface area contributed by atoms with Crippen molar-refractivity contribution in [3.05, 3.63) is 29.8 Å². The molecule has 0 bridgehead atoms. The number of ether oxygens (including phenoxy) is 1. The van der Waals surface area contributed by atoms with Gasteiger partial charge in [0.05, 0.1) is 25.7 Å². The number of benzene rings is 1. The Morgan fingerprint density at radius 1 is 1.50 bits per heavy atom. The maximum Gasteiger partial charge on any atom is 0.305 e. The number of nitrogens with one attached hydrogen (secondary N) is 1. The first-order valence-electron chi connectivity index (χ1n) is 5.39. The molecular formula is C12H15NO3. The molecule has 2 N–H and O–H groups in total. The van der Waals surface area contributed by atoms with E-state index in [0.717, 1.165) is 12.1 Å². The van der Waals surface area contributed by atoms with Crippen LogP contribution in [-0.4, -0.2) is 30.3 Å². The first-order valence-corrected chi connectivity index (χ1v) is 5.39. The van der Waals surface area contributed by atoms with Gasteiger partial charge < -0.3 is 15.2 Å². The number of carboxylic acid groups (broad SMARTS) is 1. The minimum Gasteiger partial charge on any atom is -0.481 e. The first kappa shape index (κ1) is 11.0. The maximum absolute atomic E-state index is 10.3. The second-order valence-electron chi connectivity index (χ2n) is 3.92. The molecule has 4 nitrogen and oxygen atoms in total. The van der Waals surface area contributed by atoms with Crippen molar-refractivity contribution < 1.29 is 14.6 Å². The van der Waals surface area contributed by atoms with Gasteiger partial charge in [0, 0.05) is 5.69 Å². The van der Waals surface area contributed by atoms with Crippen LogP contribution in [0.4, 0.5) is 5.69 Å². The Labute approximate surface area is 94.2 Å². The standard InChI is InChI=1S/C12H15NO3/c14-12(15)5-6-16-8-10-7-9-3-1-2-4-11(9)13-10/h1-4,10,13H,5-8H2,(H,14,15). The van der Waals surface area contributed by atoms with Crippen LogP contribution < -0.4 is 5.32 Å². The van der Waals surface area contributed by atoms with Gasteiger partial charge in [-0.1, -0.05) is 18.2 Å². The lowest BCUT2D eigenvalue weighted by molar-refractivity contribution is -0.138. The van der Waals surface area contributed by atoms with E-state index in [9.17, 15) is 4.79 Å². The van der Waals surface area contributed by atoms with Crippen molar-refractivity contribution >= 4 is 11.7 Å². The molecule has 2 rings (SSSR count). The Hall–Kier alpha value is -1.55. The van der Waals surface area contributed by atoms with Gasteiger partial charge in [0.15, 0.2) is 0 Å². The van der Waals surface area contributed by atoms with Crippen molar-refractivity contribution in [3.63, 3.8) is 0 Å². The van der Waals surface area contributed by atoms with Gasteiger partial charge in [-0.25, -0.2) is 0 Å². The van der Waals surface area contributed by atoms with Gasteiger partial charge in [0.1, 0.15) is 0 Å². The Morgan fingerprint density at radius 3 is 3.06 bits per heavy atom. The number of rotatable bonds is 5. The molecule has 86 valence electrons. The number of carbonyl (C=O) groups is 1. The van der Waals surface area contributed by atoms with Crippen LogP contribution in [0.1, 0.15) is 12.0 Å². The summed E-state index contributed by atoms with van der Waals surface area (Å²) < 4.78 is 5.32. The summed E-state index contributed by atoms with van der Waals surface area (Å²) in [6, 6.07) is 8.44. The van der Waals surface area contributed by atoms with Crippen LogP contribution in [0.15, 0.2) is 24.3 Å². The molecule has 1 atom stereocenters. The number of hydrogen-bond donors (Lipinski definition) is 2. The highest BCUT2D eigenvalue weighted by molar-refractivity contribution is 5.66. The molecule has 4 heteroatoms. The summed E-state index contributed by atoms with van der Waals surface area (Å²) in [4.78, 5) is 10.3. The number of aliphatic carboxylic acids is 1. The normalized spacial score (nSPS) is 17.9. The van der Waals surface area contributed by atoms with Crippen LogP contribution in [-0.2, 0) is 16.0 Å². The Balaban J connectivity index is 1.73. The van der Waals surface area contributed by atoms with E-state index in [1.165, 1.54) is 5.56 Å². The van der Waals surface area contributed by atoms with E-state index in [2.05, 4.69) is 11.4 Å². The lowest BCUT2D eigenvalue weighted by Gasteiger charge is -2.10. The third-order valence-corrected chi connectivity index (χ3v) is 2.62. The smallest absolute Gasteiger partial charge is 0.305 e. The molecule has 1 heterocycles. The number of para-hydroxylation sites is 1. The van der Waals surface area contributed by atoms with Gasteiger partial charge in [-0.15, -0.1) is 0 Å². The predicted molar refractivity (Wildman–Crippen MR) is 60.6 cm³/mol. The molecule has 1 aliphatic heterocycles. The van der Waals surface area contributed by atoms with E-state index in [1.54, 1.807) is 0 Å². The highest BCUT2D eigenvalue weighted by atomic mass is 16.5. The van der Waals surface area contributed by atoms with Crippen LogP contribution in [0.5, 0.6) is 0 Å². The lowest BCUT2D eigenvalue weighted by Crippen LogP contribution is -2.23. The summed E-state index contributed by atoms with van der Waals surface area (Å²) in [5, 5.41) is 11.8. The second kappa shape index (κ2) is 4.99. The number of anilines is 1. The maximum atomic E-state index is 10.3. The predicted octanol–water partition coefficient (Wildman–Crippen LogP) is 1.51. The largest absolute Gasteiger partial charge is 0.481 e. The molecule has 0 saturated carbocycles. The molecule has 0 amide bonds. The number of fused-ring (bicyclic) bond motifs is 1. The SMILES string of the molecule is O=C(O)CCOCC1Cc2ccccc2N1. The Bertz CT molecular complexity index is 353. The second-order valence-corrected chi connectivity index (χ2v) is 3.92. The molecule has 0 spiro atoms. The summed E-state index contributed by atoms with van der Waals surface area (Å²) >= 11 is 0. The number of hydrogen-bond acceptors (Lipinski definition) is 3. The van der Waals surface area contributed by atoms with E-state index in [-0.39, 0.29) is 19.1 Å². The molecule has 1 aromatic rings. The van der Waals surface area contributed by atoms with Gasteiger partial charge in [-0.2, -0.15) is 0 Å². The summed E-state index contributed by atoms with van der Waals surface area (Å²) in [5.41, 5.74) is 2.46. The van der Waals surface area contributed by atoms with Crippen molar-refractivity contribution in [2.45, 2.75) is 18.9 Å². The average molecular weight is 221 g/mol. The summed E-state index contributed by atoms with van der Waals surface area (Å²) in [6.07, 6.45) is 1.02. The molecule has 0 aliphatic carbocycles. The van der Waals surface area contributed by atoms with Crippen molar-refractivity contribution in [1.82, 2.24) is 0 Å². The van der Waals surface area contributed by atoms with Gasteiger partial charge in [-0.05, 0) is 18.1 Å². The zero-order valence-corrected chi connectivity index (χ0v) is 8.98. The van der Waals surface area contributed by atoms with Crippen LogP contribution in [0.2, 0.25) is 0 Å². The third-order valence-electron chi connectivity index (χ3n) is 2.62. The molecule has 0 saturated heterocycles. The third kappa shape index (κ3) is 2.73. The monoisotopic (exact) mass is 221 g/mol. The zero-order valence-electron chi connectivity index (χ0n) is 8.98. The average Bonchev–Trinajstić information content (AvgIpc) is 2.66. The molecule has 0 radical (unpaired) electrons. The first-order chi connectivity index (χ1) is 7.75. The van der Waals surface area contributed by atoms with Crippen molar-refractivity contribution in [1.29, 1.82) is 0 Å². The quantitative estimate of drug-likeness (QED) is 0.740. The van der Waals surface area contributed by atoms with E-state index in [4.69, 9.17) is 9.84 Å². The van der Waals surface area contributed by atoms with Gasteiger partial charge in [0.25, 0.3) is 0 Å². The zero-order chi connectivity index (χ0) is 11.4. The Kier molecular flexibility index (Phi) is 3.41. The minimum absolute atomic E-state index is 0.0691. The van der Waals surface area contributed by atoms with Crippen molar-refractivity contribution in [2.75, 3.05) is 18.5 Å². The van der Waals surface area contributed by atoms with Gasteiger partial charge in [-0.3, -0.25) is 4.79 Å². The molecule has 0 fully saturated rings. The molecule has 1 aromatic carbocycles. The fourth-order valence-corrected chi connectivity index (χ4v) is 1.86. The van der Waals surface area contributed by atoms with Crippen LogP contribution in [0, 0.1) is 0 Å². The highest BCUT2D eigenvalue weighted by Crippen LogP contribution is 2.24. The summed E-state index contributed by atoms with van der Waals surface area (Å²) in [7, 11) is 0.